The third-order valence-corrected chi connectivity index (χ3v) is 6.05. The SMILES string of the molecule is Cc1ccc2c(n1)COP(=O)(C1CCCCC1)O2. The Balaban J connectivity index is 1.84. The summed E-state index contributed by atoms with van der Waals surface area (Å²) in [6, 6.07) is 3.74. The van der Waals surface area contributed by atoms with Gasteiger partial charge in [-0.25, -0.2) is 4.57 Å². The fourth-order valence-corrected chi connectivity index (χ4v) is 4.83. The van der Waals surface area contributed by atoms with Crippen LogP contribution >= 0.6 is 7.60 Å². The minimum Gasteiger partial charge on any atom is -0.422 e. The van der Waals surface area contributed by atoms with Crippen LogP contribution < -0.4 is 4.52 Å². The maximum absolute atomic E-state index is 12.8. The maximum Gasteiger partial charge on any atom is 0.382 e. The van der Waals surface area contributed by atoms with Crippen LogP contribution in [-0.2, 0) is 15.7 Å². The fraction of sp³-hybridized carbons (Fsp3) is 0.615. The Morgan fingerprint density at radius 3 is 2.83 bits per heavy atom. The fourth-order valence-electron chi connectivity index (χ4n) is 2.68. The molecule has 1 aromatic heterocycles. The summed E-state index contributed by atoms with van der Waals surface area (Å²) in [6.45, 7) is 2.24. The largest absolute Gasteiger partial charge is 0.422 e. The van der Waals surface area contributed by atoms with Crippen LogP contribution in [0, 0.1) is 6.92 Å². The van der Waals surface area contributed by atoms with Gasteiger partial charge >= 0.3 is 7.60 Å². The third kappa shape index (κ3) is 2.19. The lowest BCUT2D eigenvalue weighted by Crippen LogP contribution is -2.21. The van der Waals surface area contributed by atoms with Crippen molar-refractivity contribution in [2.75, 3.05) is 0 Å². The molecule has 0 radical (unpaired) electrons. The van der Waals surface area contributed by atoms with E-state index >= 15 is 0 Å². The van der Waals surface area contributed by atoms with E-state index in [-0.39, 0.29) is 5.66 Å². The minimum atomic E-state index is -2.98. The van der Waals surface area contributed by atoms with Crippen LogP contribution in [0.2, 0.25) is 0 Å². The van der Waals surface area contributed by atoms with Gasteiger partial charge < -0.3 is 4.52 Å². The van der Waals surface area contributed by atoms with Crippen LogP contribution in [0.3, 0.4) is 0 Å². The average molecular weight is 267 g/mol. The van der Waals surface area contributed by atoms with Crippen LogP contribution in [-0.4, -0.2) is 10.6 Å². The molecule has 1 aliphatic carbocycles. The molecule has 0 bridgehead atoms. The van der Waals surface area contributed by atoms with Crippen LogP contribution in [0.1, 0.15) is 43.5 Å². The van der Waals surface area contributed by atoms with Crippen LogP contribution in [0.15, 0.2) is 12.1 Å². The van der Waals surface area contributed by atoms with E-state index < -0.39 is 7.60 Å². The van der Waals surface area contributed by atoms with Crippen LogP contribution in [0.5, 0.6) is 5.75 Å². The zero-order chi connectivity index (χ0) is 12.6. The molecule has 0 spiro atoms. The highest BCUT2D eigenvalue weighted by molar-refractivity contribution is 7.55. The number of hydrogen-bond acceptors (Lipinski definition) is 4. The molecule has 0 amide bonds. The van der Waals surface area contributed by atoms with Crippen molar-refractivity contribution in [3.63, 3.8) is 0 Å². The van der Waals surface area contributed by atoms with Crippen molar-refractivity contribution in [1.29, 1.82) is 0 Å². The Bertz CT molecular complexity index is 497. The van der Waals surface area contributed by atoms with Gasteiger partial charge in [0.2, 0.25) is 0 Å². The number of rotatable bonds is 1. The number of fused-ring (bicyclic) bond motifs is 1. The van der Waals surface area contributed by atoms with Crippen molar-refractivity contribution < 1.29 is 13.6 Å². The Morgan fingerprint density at radius 1 is 1.28 bits per heavy atom. The number of aryl methyl sites for hydroxylation is 1. The van der Waals surface area contributed by atoms with Gasteiger partial charge in [0, 0.05) is 5.69 Å². The van der Waals surface area contributed by atoms with Gasteiger partial charge in [0.05, 0.1) is 5.66 Å². The maximum atomic E-state index is 12.8. The first-order valence-corrected chi connectivity index (χ1v) is 8.19. The van der Waals surface area contributed by atoms with Gasteiger partial charge in [0.15, 0.2) is 5.75 Å². The second-order valence-electron chi connectivity index (χ2n) is 5.09. The number of aromatic nitrogens is 1. The lowest BCUT2D eigenvalue weighted by atomic mass is 10.0. The summed E-state index contributed by atoms with van der Waals surface area (Å²) in [6.07, 6.45) is 5.38. The zero-order valence-electron chi connectivity index (χ0n) is 10.6. The molecule has 2 aliphatic rings. The Hall–Kier alpha value is -0.860. The molecule has 4 nitrogen and oxygen atoms in total. The quantitative estimate of drug-likeness (QED) is 0.726. The molecule has 0 aromatic carbocycles. The highest BCUT2D eigenvalue weighted by atomic mass is 31.2. The predicted octanol–water partition coefficient (Wildman–Crippen LogP) is 3.82. The van der Waals surface area contributed by atoms with E-state index in [9.17, 15) is 4.57 Å². The molecule has 98 valence electrons. The summed E-state index contributed by atoms with van der Waals surface area (Å²) >= 11 is 0. The van der Waals surface area contributed by atoms with E-state index in [2.05, 4.69) is 4.98 Å². The summed E-state index contributed by atoms with van der Waals surface area (Å²) in [7, 11) is -2.98. The third-order valence-electron chi connectivity index (χ3n) is 3.70. The van der Waals surface area contributed by atoms with E-state index in [0.717, 1.165) is 37.1 Å². The van der Waals surface area contributed by atoms with E-state index in [1.807, 2.05) is 19.1 Å². The minimum absolute atomic E-state index is 0.0701. The van der Waals surface area contributed by atoms with E-state index in [4.69, 9.17) is 9.05 Å². The van der Waals surface area contributed by atoms with Crippen LogP contribution in [0.25, 0.3) is 0 Å². The molecule has 1 aromatic rings. The first-order valence-electron chi connectivity index (χ1n) is 6.58. The van der Waals surface area contributed by atoms with Gasteiger partial charge in [0.1, 0.15) is 12.3 Å². The molecule has 0 saturated heterocycles. The summed E-state index contributed by atoms with van der Waals surface area (Å²) in [5.41, 5.74) is 1.76. The van der Waals surface area contributed by atoms with Crippen molar-refractivity contribution in [3.8, 4) is 5.75 Å². The number of hydrogen-bond donors (Lipinski definition) is 0. The molecule has 2 heterocycles. The normalized spacial score (nSPS) is 28.5. The topological polar surface area (TPSA) is 48.4 Å². The van der Waals surface area contributed by atoms with E-state index in [1.54, 1.807) is 0 Å². The smallest absolute Gasteiger partial charge is 0.382 e. The Morgan fingerprint density at radius 2 is 2.06 bits per heavy atom. The molecule has 3 rings (SSSR count). The highest BCUT2D eigenvalue weighted by Crippen LogP contribution is 2.60. The molecule has 1 atom stereocenters. The van der Waals surface area contributed by atoms with Crippen molar-refractivity contribution in [3.05, 3.63) is 23.5 Å². The molecule has 1 aliphatic heterocycles. The number of pyridine rings is 1. The molecule has 5 heteroatoms. The first-order chi connectivity index (χ1) is 8.67. The second kappa shape index (κ2) is 4.67. The molecular weight excluding hydrogens is 249 g/mol. The van der Waals surface area contributed by atoms with Crippen molar-refractivity contribution in [2.45, 2.75) is 51.3 Å². The zero-order valence-corrected chi connectivity index (χ0v) is 11.5. The van der Waals surface area contributed by atoms with Gasteiger partial charge in [-0.2, -0.15) is 0 Å². The van der Waals surface area contributed by atoms with Gasteiger partial charge in [-0.3, -0.25) is 9.51 Å². The summed E-state index contributed by atoms with van der Waals surface area (Å²) in [5, 5.41) is 0. The van der Waals surface area contributed by atoms with Crippen molar-refractivity contribution >= 4 is 7.60 Å². The highest BCUT2D eigenvalue weighted by Gasteiger charge is 2.41. The van der Waals surface area contributed by atoms with Gasteiger partial charge in [-0.1, -0.05) is 19.3 Å². The lowest BCUT2D eigenvalue weighted by Gasteiger charge is -2.32. The average Bonchev–Trinajstić information content (AvgIpc) is 2.40. The van der Waals surface area contributed by atoms with E-state index in [0.29, 0.717) is 12.4 Å². The van der Waals surface area contributed by atoms with E-state index in [1.165, 1.54) is 6.42 Å². The molecular formula is C13H18NO3P. The molecule has 0 N–H and O–H groups in total. The predicted molar refractivity (Wildman–Crippen MR) is 68.9 cm³/mol. The van der Waals surface area contributed by atoms with Gasteiger partial charge in [-0.15, -0.1) is 0 Å². The second-order valence-corrected chi connectivity index (χ2v) is 7.34. The van der Waals surface area contributed by atoms with Crippen molar-refractivity contribution in [2.24, 2.45) is 0 Å². The van der Waals surface area contributed by atoms with Crippen molar-refractivity contribution in [1.82, 2.24) is 4.98 Å². The Kier molecular flexibility index (Phi) is 3.16. The monoisotopic (exact) mass is 267 g/mol. The lowest BCUT2D eigenvalue weighted by molar-refractivity contribution is 0.213. The molecule has 1 unspecified atom stereocenters. The van der Waals surface area contributed by atoms with Crippen LogP contribution in [0.4, 0.5) is 0 Å². The summed E-state index contributed by atoms with van der Waals surface area (Å²) in [5.74, 6) is 0.640. The molecule has 1 fully saturated rings. The number of nitrogens with zero attached hydrogens (tertiary/aromatic N) is 1. The molecule has 1 saturated carbocycles. The first kappa shape index (κ1) is 12.2. The standard InChI is InChI=1S/C13H18NO3P/c1-10-7-8-13-12(14-10)9-16-18(15,17-13)11-5-3-2-4-6-11/h7-8,11H,2-6,9H2,1H3. The van der Waals surface area contributed by atoms with Gasteiger partial charge in [0.25, 0.3) is 0 Å². The van der Waals surface area contributed by atoms with Gasteiger partial charge in [-0.05, 0) is 31.9 Å². The molecule has 18 heavy (non-hydrogen) atoms. The summed E-state index contributed by atoms with van der Waals surface area (Å²) < 4.78 is 24.0. The summed E-state index contributed by atoms with van der Waals surface area (Å²) in [4.78, 5) is 4.35. The Labute approximate surface area is 107 Å².